The van der Waals surface area contributed by atoms with Gasteiger partial charge in [0.2, 0.25) is 0 Å². The Morgan fingerprint density at radius 3 is 2.52 bits per heavy atom. The van der Waals surface area contributed by atoms with Crippen molar-refractivity contribution in [1.29, 1.82) is 0 Å². The lowest BCUT2D eigenvalue weighted by Gasteiger charge is -2.20. The van der Waals surface area contributed by atoms with Crippen LogP contribution in [0.5, 0.6) is 0 Å². The van der Waals surface area contributed by atoms with Crippen molar-refractivity contribution in [3.8, 4) is 0 Å². The molecule has 21 heavy (non-hydrogen) atoms. The molecule has 1 aliphatic rings. The molecule has 0 aromatic heterocycles. The maximum atomic E-state index is 12.0. The molecule has 1 aromatic carbocycles. The number of alkyl halides is 3. The molecular weight excluding hydrogens is 275 g/mol. The van der Waals surface area contributed by atoms with Crippen molar-refractivity contribution in [2.45, 2.75) is 64.1 Å². The average molecular weight is 299 g/mol. The Bertz CT molecular complexity index is 454. The molecule has 0 fully saturated rings. The number of halogens is 3. The molecule has 0 heterocycles. The van der Waals surface area contributed by atoms with Crippen LogP contribution in [-0.4, -0.2) is 12.7 Å². The fraction of sp³-hybridized carbons (Fsp3) is 0.647. The highest BCUT2D eigenvalue weighted by molar-refractivity contribution is 5.35. The Labute approximate surface area is 124 Å². The zero-order chi connectivity index (χ0) is 15.3. The van der Waals surface area contributed by atoms with Crippen LogP contribution in [0.2, 0.25) is 0 Å². The van der Waals surface area contributed by atoms with E-state index in [4.69, 9.17) is 0 Å². The van der Waals surface area contributed by atoms with E-state index in [9.17, 15) is 13.2 Å². The van der Waals surface area contributed by atoms with E-state index in [0.717, 1.165) is 6.42 Å². The first-order valence-electron chi connectivity index (χ1n) is 7.87. The van der Waals surface area contributed by atoms with Gasteiger partial charge in [0.05, 0.1) is 0 Å². The van der Waals surface area contributed by atoms with Gasteiger partial charge in [-0.3, -0.25) is 0 Å². The second-order valence-electron chi connectivity index (χ2n) is 5.98. The van der Waals surface area contributed by atoms with Gasteiger partial charge in [-0.05, 0) is 68.7 Å². The van der Waals surface area contributed by atoms with Gasteiger partial charge in [0.1, 0.15) is 0 Å². The number of hydrogen-bond acceptors (Lipinski definition) is 1. The number of nitrogens with one attached hydrogen (secondary N) is 1. The minimum absolute atomic E-state index is 0.197. The summed E-state index contributed by atoms with van der Waals surface area (Å²) in [5.74, 6) is 0. The fourth-order valence-electron chi connectivity index (χ4n) is 2.91. The quantitative estimate of drug-likeness (QED) is 0.733. The summed E-state index contributed by atoms with van der Waals surface area (Å²) in [7, 11) is 0. The van der Waals surface area contributed by atoms with Crippen LogP contribution >= 0.6 is 0 Å². The second kappa shape index (κ2) is 7.30. The third-order valence-electron chi connectivity index (χ3n) is 4.21. The third kappa shape index (κ3) is 5.34. The Morgan fingerprint density at radius 2 is 1.81 bits per heavy atom. The van der Waals surface area contributed by atoms with Gasteiger partial charge in [0.25, 0.3) is 0 Å². The average Bonchev–Trinajstić information content (AvgIpc) is 2.45. The van der Waals surface area contributed by atoms with Crippen molar-refractivity contribution in [3.05, 3.63) is 34.9 Å². The van der Waals surface area contributed by atoms with Gasteiger partial charge in [-0.25, -0.2) is 0 Å². The van der Waals surface area contributed by atoms with Crippen molar-refractivity contribution >= 4 is 0 Å². The van der Waals surface area contributed by atoms with Crippen LogP contribution in [0.4, 0.5) is 13.2 Å². The first kappa shape index (κ1) is 16.3. The maximum Gasteiger partial charge on any atom is 0.389 e. The summed E-state index contributed by atoms with van der Waals surface area (Å²) in [5, 5.41) is 3.32. The Kier molecular flexibility index (Phi) is 5.68. The first-order chi connectivity index (χ1) is 9.96. The van der Waals surface area contributed by atoms with E-state index in [1.54, 1.807) is 0 Å². The van der Waals surface area contributed by atoms with Gasteiger partial charge in [0, 0.05) is 12.5 Å². The van der Waals surface area contributed by atoms with E-state index in [-0.39, 0.29) is 12.5 Å². The van der Waals surface area contributed by atoms with Gasteiger partial charge >= 0.3 is 6.18 Å². The molecule has 0 aliphatic heterocycles. The minimum Gasteiger partial charge on any atom is -0.310 e. The minimum atomic E-state index is -4.02. The number of unbranched alkanes of at least 4 members (excludes halogenated alkanes) is 1. The molecule has 1 atom stereocenters. The molecule has 4 heteroatoms. The van der Waals surface area contributed by atoms with Crippen LogP contribution in [0.1, 0.15) is 61.8 Å². The van der Waals surface area contributed by atoms with Crippen molar-refractivity contribution in [2.24, 2.45) is 0 Å². The number of hydrogen-bond donors (Lipinski definition) is 1. The Morgan fingerprint density at radius 1 is 1.10 bits per heavy atom. The lowest BCUT2D eigenvalue weighted by atomic mass is 9.89. The molecule has 0 spiro atoms. The molecule has 1 N–H and O–H groups in total. The van der Waals surface area contributed by atoms with Crippen LogP contribution in [-0.2, 0) is 12.8 Å². The zero-order valence-corrected chi connectivity index (χ0v) is 12.6. The zero-order valence-electron chi connectivity index (χ0n) is 12.6. The van der Waals surface area contributed by atoms with Crippen LogP contribution in [0.25, 0.3) is 0 Å². The van der Waals surface area contributed by atoms with Gasteiger partial charge < -0.3 is 5.32 Å². The molecule has 1 aromatic rings. The summed E-state index contributed by atoms with van der Waals surface area (Å²) in [5.41, 5.74) is 4.15. The summed E-state index contributed by atoms with van der Waals surface area (Å²) in [6.07, 6.45) is 0.930. The van der Waals surface area contributed by atoms with Crippen LogP contribution < -0.4 is 5.32 Å². The highest BCUT2D eigenvalue weighted by atomic mass is 19.4. The third-order valence-corrected chi connectivity index (χ3v) is 4.21. The van der Waals surface area contributed by atoms with Gasteiger partial charge in [-0.2, -0.15) is 13.2 Å². The SMILES string of the molecule is CC(NCCCCC(F)(F)F)c1ccc2c(c1)CCCC2. The van der Waals surface area contributed by atoms with Gasteiger partial charge in [-0.15, -0.1) is 0 Å². The lowest BCUT2D eigenvalue weighted by molar-refractivity contribution is -0.135. The van der Waals surface area contributed by atoms with Crippen LogP contribution in [0.3, 0.4) is 0 Å². The molecule has 1 aliphatic carbocycles. The molecule has 0 amide bonds. The molecule has 0 bridgehead atoms. The Balaban J connectivity index is 1.77. The first-order valence-corrected chi connectivity index (χ1v) is 7.87. The summed E-state index contributed by atoms with van der Waals surface area (Å²) in [6.45, 7) is 2.71. The summed E-state index contributed by atoms with van der Waals surface area (Å²) < 4.78 is 36.1. The van der Waals surface area contributed by atoms with E-state index >= 15 is 0 Å². The lowest BCUT2D eigenvalue weighted by Crippen LogP contribution is -2.21. The van der Waals surface area contributed by atoms with Crippen molar-refractivity contribution in [3.63, 3.8) is 0 Å². The topological polar surface area (TPSA) is 12.0 Å². The van der Waals surface area contributed by atoms with Crippen LogP contribution in [0, 0.1) is 0 Å². The highest BCUT2D eigenvalue weighted by Crippen LogP contribution is 2.25. The highest BCUT2D eigenvalue weighted by Gasteiger charge is 2.25. The van der Waals surface area contributed by atoms with Gasteiger partial charge in [-0.1, -0.05) is 18.2 Å². The van der Waals surface area contributed by atoms with E-state index in [0.29, 0.717) is 13.0 Å². The monoisotopic (exact) mass is 299 g/mol. The molecule has 1 nitrogen and oxygen atoms in total. The van der Waals surface area contributed by atoms with Gasteiger partial charge in [0.15, 0.2) is 0 Å². The summed E-state index contributed by atoms with van der Waals surface area (Å²) in [4.78, 5) is 0. The number of rotatable bonds is 6. The van der Waals surface area contributed by atoms with Crippen molar-refractivity contribution < 1.29 is 13.2 Å². The molecule has 1 unspecified atom stereocenters. The predicted octanol–water partition coefficient (Wildman–Crippen LogP) is 4.95. The second-order valence-corrected chi connectivity index (χ2v) is 5.98. The van der Waals surface area contributed by atoms with E-state index < -0.39 is 12.6 Å². The molecule has 118 valence electrons. The molecule has 2 rings (SSSR count). The van der Waals surface area contributed by atoms with Crippen molar-refractivity contribution in [1.82, 2.24) is 5.32 Å². The number of fused-ring (bicyclic) bond motifs is 1. The largest absolute Gasteiger partial charge is 0.389 e. The van der Waals surface area contributed by atoms with E-state index in [1.807, 2.05) is 0 Å². The molecule has 0 saturated carbocycles. The smallest absolute Gasteiger partial charge is 0.310 e. The fourth-order valence-corrected chi connectivity index (χ4v) is 2.91. The molecule has 0 radical (unpaired) electrons. The van der Waals surface area contributed by atoms with Crippen LogP contribution in [0.15, 0.2) is 18.2 Å². The maximum absolute atomic E-state index is 12.0. The predicted molar refractivity (Wildman–Crippen MR) is 79.4 cm³/mol. The normalized spacial score (nSPS) is 16.6. The standard InChI is InChI=1S/C17H24F3N/c1-13(21-11-5-4-10-17(18,19)20)15-9-8-14-6-2-3-7-16(14)12-15/h8-9,12-13,21H,2-7,10-11H2,1H3. The number of benzene rings is 1. The Hall–Kier alpha value is -1.03. The molecule has 0 saturated heterocycles. The number of aryl methyl sites for hydroxylation is 2. The van der Waals surface area contributed by atoms with E-state index in [1.165, 1.54) is 36.0 Å². The van der Waals surface area contributed by atoms with E-state index in [2.05, 4.69) is 30.4 Å². The van der Waals surface area contributed by atoms with Crippen molar-refractivity contribution in [2.75, 3.05) is 6.54 Å². The molecular formula is C17H24F3N. The summed E-state index contributed by atoms with van der Waals surface area (Å²) >= 11 is 0. The summed E-state index contributed by atoms with van der Waals surface area (Å²) in [6, 6.07) is 6.83.